The van der Waals surface area contributed by atoms with Crippen molar-refractivity contribution >= 4 is 20.7 Å². The molecular weight excluding hydrogens is 321 g/mol. The van der Waals surface area contributed by atoms with E-state index in [9.17, 15) is 14.2 Å². The lowest BCUT2D eigenvalue weighted by atomic mass is 10.1. The van der Waals surface area contributed by atoms with E-state index in [1.54, 1.807) is 45.0 Å². The lowest BCUT2D eigenvalue weighted by Crippen LogP contribution is -2.45. The van der Waals surface area contributed by atoms with Crippen molar-refractivity contribution in [2.75, 3.05) is 7.11 Å². The van der Waals surface area contributed by atoms with Gasteiger partial charge in [-0.2, -0.15) is 0 Å². The normalized spacial score (nSPS) is 12.3. The number of hydrogen-bond acceptors (Lipinski definition) is 6. The van der Waals surface area contributed by atoms with Crippen molar-refractivity contribution in [3.63, 3.8) is 0 Å². The van der Waals surface area contributed by atoms with Gasteiger partial charge in [-0.1, -0.05) is 12.1 Å². The van der Waals surface area contributed by atoms with E-state index >= 15 is 0 Å². The van der Waals surface area contributed by atoms with Crippen LogP contribution in [0.2, 0.25) is 0 Å². The summed E-state index contributed by atoms with van der Waals surface area (Å²) < 4.78 is 25.0. The molecule has 0 saturated heterocycles. The van der Waals surface area contributed by atoms with Crippen LogP contribution in [0.1, 0.15) is 26.3 Å². The van der Waals surface area contributed by atoms with Gasteiger partial charge in [-0.25, -0.2) is 14.2 Å². The van der Waals surface area contributed by atoms with Crippen LogP contribution in [0.25, 0.3) is 0 Å². The summed E-state index contributed by atoms with van der Waals surface area (Å²) >= 11 is 0. The number of ether oxygens (including phenoxy) is 2. The molecule has 0 heterocycles. The summed E-state index contributed by atoms with van der Waals surface area (Å²) in [5.74, 6) is -0.144. The molecule has 0 unspecified atom stereocenters. The average molecular weight is 341 g/mol. The topological polar surface area (TPSA) is 90.9 Å². The number of hydrogen-bond donors (Lipinski definition) is 1. The summed E-state index contributed by atoms with van der Waals surface area (Å²) in [5.41, 5.74) is 0.104. The van der Waals surface area contributed by atoms with Gasteiger partial charge in [0.05, 0.1) is 7.11 Å². The lowest BCUT2D eigenvalue weighted by molar-refractivity contribution is -0.143. The number of methoxy groups -OCH3 is 1. The van der Waals surface area contributed by atoms with Crippen LogP contribution in [0.5, 0.6) is 5.75 Å². The van der Waals surface area contributed by atoms with E-state index < -0.39 is 32.4 Å². The maximum Gasteiger partial charge on any atom is 0.408 e. The number of carbonyl (C=O) groups is 2. The first kappa shape index (κ1) is 18.9. The smallest absolute Gasteiger partial charge is 0.408 e. The Kier molecular flexibility index (Phi) is 6.97. The molecule has 7 nitrogen and oxygen atoms in total. The molecule has 1 aromatic rings. The zero-order chi connectivity index (χ0) is 17.5. The molecule has 0 aliphatic heterocycles. The largest absolute Gasteiger partial charge is 0.467 e. The minimum absolute atomic E-state index is 0.223. The first-order valence-electron chi connectivity index (χ1n) is 6.91. The quantitative estimate of drug-likeness (QED) is 0.632. The van der Waals surface area contributed by atoms with Gasteiger partial charge < -0.3 is 19.3 Å². The van der Waals surface area contributed by atoms with Crippen molar-refractivity contribution in [3.8, 4) is 5.75 Å². The molecule has 0 aliphatic carbocycles. The maximum atomic E-state index is 11.8. The number of benzene rings is 1. The fourth-order valence-electron chi connectivity index (χ4n) is 1.75. The average Bonchev–Trinajstić information content (AvgIpc) is 2.46. The van der Waals surface area contributed by atoms with Crippen molar-refractivity contribution in [3.05, 3.63) is 29.8 Å². The Balaban J connectivity index is 2.76. The van der Waals surface area contributed by atoms with E-state index in [1.807, 2.05) is 0 Å². The third kappa shape index (κ3) is 7.10. The SMILES string of the molecule is COC(=O)[C@H](Cc1ccc(OP=O)cc1)NC(=O)OC(C)(C)C. The predicted molar refractivity (Wildman–Crippen MR) is 83.6 cm³/mol. The van der Waals surface area contributed by atoms with Gasteiger partial charge in [0.1, 0.15) is 17.4 Å². The maximum absolute atomic E-state index is 11.8. The van der Waals surface area contributed by atoms with Crippen molar-refractivity contribution in [2.45, 2.75) is 38.8 Å². The molecule has 0 bridgehead atoms. The summed E-state index contributed by atoms with van der Waals surface area (Å²) in [6.45, 7) is 5.19. The highest BCUT2D eigenvalue weighted by molar-refractivity contribution is 7.17. The summed E-state index contributed by atoms with van der Waals surface area (Å²) in [5, 5.41) is 2.49. The molecular formula is C15H20NO6P. The molecule has 1 aromatic carbocycles. The second-order valence-electron chi connectivity index (χ2n) is 5.74. The molecule has 0 spiro atoms. The molecule has 23 heavy (non-hydrogen) atoms. The van der Waals surface area contributed by atoms with Crippen LogP contribution in [0, 0.1) is 0 Å². The van der Waals surface area contributed by atoms with Crippen LogP contribution in [-0.2, 0) is 25.3 Å². The lowest BCUT2D eigenvalue weighted by Gasteiger charge is -2.22. The van der Waals surface area contributed by atoms with Crippen molar-refractivity contribution in [2.24, 2.45) is 0 Å². The van der Waals surface area contributed by atoms with Crippen LogP contribution < -0.4 is 9.84 Å². The minimum Gasteiger partial charge on any atom is -0.467 e. The van der Waals surface area contributed by atoms with E-state index in [4.69, 9.17) is 14.0 Å². The molecule has 8 heteroatoms. The Labute approximate surface area is 136 Å². The number of carbonyl (C=O) groups excluding carboxylic acids is 2. The van der Waals surface area contributed by atoms with E-state index in [1.165, 1.54) is 7.11 Å². The molecule has 1 amide bonds. The van der Waals surface area contributed by atoms with Crippen LogP contribution in [0.4, 0.5) is 4.79 Å². The van der Waals surface area contributed by atoms with Crippen LogP contribution in [0.3, 0.4) is 0 Å². The zero-order valence-corrected chi connectivity index (χ0v) is 14.4. The van der Waals surface area contributed by atoms with Gasteiger partial charge in [-0.3, -0.25) is 0 Å². The van der Waals surface area contributed by atoms with Gasteiger partial charge in [0.15, 0.2) is 0 Å². The second-order valence-corrected chi connectivity index (χ2v) is 6.07. The number of esters is 1. The fraction of sp³-hybridized carbons (Fsp3) is 0.467. The van der Waals surface area contributed by atoms with Gasteiger partial charge >= 0.3 is 20.7 Å². The summed E-state index contributed by atoms with van der Waals surface area (Å²) in [4.78, 5) is 23.6. The van der Waals surface area contributed by atoms with Gasteiger partial charge in [0.2, 0.25) is 0 Å². The summed E-state index contributed by atoms with van der Waals surface area (Å²) in [6.07, 6.45) is -0.473. The molecule has 0 aromatic heterocycles. The van der Waals surface area contributed by atoms with Crippen molar-refractivity contribution < 1.29 is 28.2 Å². The van der Waals surface area contributed by atoms with Crippen molar-refractivity contribution in [1.82, 2.24) is 5.32 Å². The third-order valence-electron chi connectivity index (χ3n) is 2.68. The van der Waals surface area contributed by atoms with Gasteiger partial charge in [-0.15, -0.1) is 0 Å². The molecule has 0 aliphatic rings. The molecule has 1 atom stereocenters. The van der Waals surface area contributed by atoms with Gasteiger partial charge in [-0.05, 0) is 38.5 Å². The molecule has 1 N–H and O–H groups in total. The zero-order valence-electron chi connectivity index (χ0n) is 13.5. The second kappa shape index (κ2) is 8.48. The summed E-state index contributed by atoms with van der Waals surface area (Å²) in [7, 11) is 0.804. The van der Waals surface area contributed by atoms with Crippen LogP contribution in [0.15, 0.2) is 24.3 Å². The van der Waals surface area contributed by atoms with Crippen LogP contribution in [-0.4, -0.2) is 30.8 Å². The number of rotatable bonds is 6. The monoisotopic (exact) mass is 341 g/mol. The van der Waals surface area contributed by atoms with Gasteiger partial charge in [0, 0.05) is 6.42 Å². The molecule has 0 fully saturated rings. The highest BCUT2D eigenvalue weighted by Crippen LogP contribution is 2.17. The first-order valence-corrected chi connectivity index (χ1v) is 7.64. The highest BCUT2D eigenvalue weighted by atomic mass is 31.1. The number of alkyl carbamates (subject to hydrolysis) is 1. The summed E-state index contributed by atoms with van der Waals surface area (Å²) in [6, 6.07) is 5.75. The Morgan fingerprint density at radius 2 is 1.83 bits per heavy atom. The highest BCUT2D eigenvalue weighted by Gasteiger charge is 2.25. The Bertz CT molecular complexity index is 552. The number of amides is 1. The van der Waals surface area contributed by atoms with Crippen LogP contribution >= 0.6 is 8.69 Å². The van der Waals surface area contributed by atoms with E-state index in [0.717, 1.165) is 5.56 Å². The standard InChI is InChI=1S/C15H20NO6P/c1-15(2,3)21-14(18)16-12(13(17)20-4)9-10-5-7-11(8-6-10)22-23-19/h5-8,12H,9H2,1-4H3,(H,16,18)/t12-/m0/s1. The molecule has 0 saturated carbocycles. The minimum atomic E-state index is -0.876. The van der Waals surface area contributed by atoms with E-state index in [-0.39, 0.29) is 6.42 Å². The Hall–Kier alpha value is -2.14. The Morgan fingerprint density at radius 3 is 2.30 bits per heavy atom. The van der Waals surface area contributed by atoms with E-state index in [0.29, 0.717) is 5.75 Å². The fourth-order valence-corrected chi connectivity index (χ4v) is 1.96. The molecule has 0 radical (unpaired) electrons. The molecule has 1 rings (SSSR count). The predicted octanol–water partition coefficient (Wildman–Crippen LogP) is 2.88. The third-order valence-corrected chi connectivity index (χ3v) is 2.97. The van der Waals surface area contributed by atoms with Gasteiger partial charge in [0.25, 0.3) is 0 Å². The Morgan fingerprint density at radius 1 is 1.22 bits per heavy atom. The number of nitrogens with one attached hydrogen (secondary N) is 1. The van der Waals surface area contributed by atoms with E-state index in [2.05, 4.69) is 5.32 Å². The molecule has 126 valence electrons. The first-order chi connectivity index (χ1) is 10.7. The van der Waals surface area contributed by atoms with Crippen molar-refractivity contribution in [1.29, 1.82) is 0 Å².